The molecule has 94 valence electrons. The molecule has 0 amide bonds. The quantitative estimate of drug-likeness (QED) is 0.802. The summed E-state index contributed by atoms with van der Waals surface area (Å²) in [5, 5.41) is 18.4. The first kappa shape index (κ1) is 10.9. The lowest BCUT2D eigenvalue weighted by atomic mass is 9.99. The van der Waals surface area contributed by atoms with Gasteiger partial charge in [0.05, 0.1) is 22.5 Å². The number of rotatable bonds is 2. The Labute approximate surface area is 103 Å². The van der Waals surface area contributed by atoms with E-state index in [-0.39, 0.29) is 11.1 Å². The van der Waals surface area contributed by atoms with E-state index in [4.69, 9.17) is 0 Å². The van der Waals surface area contributed by atoms with Gasteiger partial charge in [-0.05, 0) is 12.1 Å². The van der Waals surface area contributed by atoms with E-state index in [1.54, 1.807) is 0 Å². The SMILES string of the molecule is O=C(O)c1ccc(C(=O)O)c2c1N1CCN2CC1. The Morgan fingerprint density at radius 1 is 0.833 bits per heavy atom. The number of aromatic carboxylic acids is 2. The first-order valence-corrected chi connectivity index (χ1v) is 5.73. The predicted molar refractivity (Wildman–Crippen MR) is 64.8 cm³/mol. The van der Waals surface area contributed by atoms with Gasteiger partial charge < -0.3 is 20.0 Å². The van der Waals surface area contributed by atoms with Crippen molar-refractivity contribution in [3.8, 4) is 0 Å². The zero-order valence-electron chi connectivity index (χ0n) is 9.59. The minimum Gasteiger partial charge on any atom is -0.478 e. The average molecular weight is 248 g/mol. The minimum absolute atomic E-state index is 0.180. The van der Waals surface area contributed by atoms with Gasteiger partial charge in [0.15, 0.2) is 0 Å². The molecule has 0 aromatic heterocycles. The molecule has 0 spiro atoms. The Morgan fingerprint density at radius 2 is 1.17 bits per heavy atom. The third-order valence-corrected chi connectivity index (χ3v) is 3.52. The molecule has 1 saturated heterocycles. The van der Waals surface area contributed by atoms with Gasteiger partial charge in [0, 0.05) is 26.2 Å². The molecule has 1 aromatic carbocycles. The third kappa shape index (κ3) is 1.35. The van der Waals surface area contributed by atoms with E-state index in [2.05, 4.69) is 0 Å². The summed E-state index contributed by atoms with van der Waals surface area (Å²) in [6.45, 7) is 2.99. The molecule has 2 N–H and O–H groups in total. The molecule has 3 aliphatic rings. The van der Waals surface area contributed by atoms with Crippen molar-refractivity contribution in [2.45, 2.75) is 0 Å². The lowest BCUT2D eigenvalue weighted by Gasteiger charge is -2.46. The van der Waals surface area contributed by atoms with Gasteiger partial charge in [-0.3, -0.25) is 0 Å². The second-order valence-electron chi connectivity index (χ2n) is 4.44. The van der Waals surface area contributed by atoms with Crippen LogP contribution >= 0.6 is 0 Å². The average Bonchev–Trinajstić information content (AvgIpc) is 2.38. The molecule has 0 radical (unpaired) electrons. The Bertz CT molecular complexity index is 498. The fourth-order valence-electron chi connectivity index (χ4n) is 2.72. The van der Waals surface area contributed by atoms with Gasteiger partial charge in [-0.25, -0.2) is 9.59 Å². The number of anilines is 2. The summed E-state index contributed by atoms with van der Waals surface area (Å²) >= 11 is 0. The van der Waals surface area contributed by atoms with E-state index in [9.17, 15) is 19.8 Å². The fraction of sp³-hybridized carbons (Fsp3) is 0.333. The van der Waals surface area contributed by atoms with Gasteiger partial charge in [0.2, 0.25) is 0 Å². The molecule has 0 aliphatic carbocycles. The van der Waals surface area contributed by atoms with Crippen molar-refractivity contribution in [3.05, 3.63) is 23.3 Å². The third-order valence-electron chi connectivity index (χ3n) is 3.52. The highest BCUT2D eigenvalue weighted by Crippen LogP contribution is 2.41. The molecule has 3 aliphatic heterocycles. The molecule has 0 atom stereocenters. The standard InChI is InChI=1S/C12H12N2O4/c15-11(16)7-1-2-8(12(17)18)10-9(7)13-3-5-14(10)6-4-13/h1-2H,3-6H2,(H,15,16)(H,17,18). The van der Waals surface area contributed by atoms with Crippen molar-refractivity contribution in [2.24, 2.45) is 0 Å². The lowest BCUT2D eigenvalue weighted by Crippen LogP contribution is -2.52. The Balaban J connectivity index is 2.29. The normalized spacial score (nSPS) is 16.7. The van der Waals surface area contributed by atoms with Crippen LogP contribution < -0.4 is 9.80 Å². The smallest absolute Gasteiger partial charge is 0.337 e. The van der Waals surface area contributed by atoms with Crippen LogP contribution in [0.4, 0.5) is 11.4 Å². The Morgan fingerprint density at radius 3 is 1.44 bits per heavy atom. The van der Waals surface area contributed by atoms with Crippen molar-refractivity contribution in [1.82, 2.24) is 0 Å². The fourth-order valence-corrected chi connectivity index (χ4v) is 2.72. The Hall–Kier alpha value is -2.24. The number of piperazine rings is 1. The van der Waals surface area contributed by atoms with Crippen molar-refractivity contribution < 1.29 is 19.8 Å². The maximum absolute atomic E-state index is 11.2. The van der Waals surface area contributed by atoms with E-state index >= 15 is 0 Å². The van der Waals surface area contributed by atoms with E-state index in [0.717, 1.165) is 26.2 Å². The number of hydrogen-bond donors (Lipinski definition) is 2. The molecular weight excluding hydrogens is 236 g/mol. The van der Waals surface area contributed by atoms with Crippen LogP contribution in [-0.2, 0) is 0 Å². The first-order valence-electron chi connectivity index (χ1n) is 5.73. The Kier molecular flexibility index (Phi) is 2.19. The van der Waals surface area contributed by atoms with Crippen LogP contribution in [0.5, 0.6) is 0 Å². The zero-order chi connectivity index (χ0) is 12.9. The second-order valence-corrected chi connectivity index (χ2v) is 4.44. The molecule has 0 saturated carbocycles. The van der Waals surface area contributed by atoms with Gasteiger partial charge in [-0.2, -0.15) is 0 Å². The van der Waals surface area contributed by atoms with Gasteiger partial charge in [0.25, 0.3) is 0 Å². The monoisotopic (exact) mass is 248 g/mol. The summed E-state index contributed by atoms with van der Waals surface area (Å²) in [6.07, 6.45) is 0. The van der Waals surface area contributed by atoms with Crippen molar-refractivity contribution in [2.75, 3.05) is 36.0 Å². The topological polar surface area (TPSA) is 81.1 Å². The molecule has 6 nitrogen and oxygen atoms in total. The number of nitrogens with zero attached hydrogens (tertiary/aromatic N) is 2. The van der Waals surface area contributed by atoms with Crippen molar-refractivity contribution in [3.63, 3.8) is 0 Å². The largest absolute Gasteiger partial charge is 0.478 e. The predicted octanol–water partition coefficient (Wildman–Crippen LogP) is 0.723. The summed E-state index contributed by atoms with van der Waals surface area (Å²) in [5.74, 6) is -2.03. The van der Waals surface area contributed by atoms with Gasteiger partial charge in [0.1, 0.15) is 0 Å². The van der Waals surface area contributed by atoms with E-state index in [1.165, 1.54) is 12.1 Å². The van der Waals surface area contributed by atoms with Crippen LogP contribution in [0.2, 0.25) is 0 Å². The summed E-state index contributed by atoms with van der Waals surface area (Å²) in [6, 6.07) is 2.76. The van der Waals surface area contributed by atoms with Crippen LogP contribution in [0.25, 0.3) is 0 Å². The molecule has 4 rings (SSSR count). The van der Waals surface area contributed by atoms with E-state index < -0.39 is 11.9 Å². The zero-order valence-corrected chi connectivity index (χ0v) is 9.59. The van der Waals surface area contributed by atoms with Crippen molar-refractivity contribution in [1.29, 1.82) is 0 Å². The summed E-state index contributed by atoms with van der Waals surface area (Å²) < 4.78 is 0. The first-order chi connectivity index (χ1) is 8.59. The number of carboxylic acids is 2. The van der Waals surface area contributed by atoms with Crippen LogP contribution in [0.3, 0.4) is 0 Å². The van der Waals surface area contributed by atoms with E-state index in [1.807, 2.05) is 9.80 Å². The lowest BCUT2D eigenvalue weighted by molar-refractivity contribution is 0.0681. The summed E-state index contributed by atoms with van der Waals surface area (Å²) in [7, 11) is 0. The number of benzene rings is 1. The highest BCUT2D eigenvalue weighted by atomic mass is 16.4. The summed E-state index contributed by atoms with van der Waals surface area (Å²) in [5.41, 5.74) is 1.47. The maximum atomic E-state index is 11.2. The molecule has 18 heavy (non-hydrogen) atoms. The van der Waals surface area contributed by atoms with Gasteiger partial charge in [-0.1, -0.05) is 0 Å². The minimum atomic E-state index is -1.02. The number of fused-ring (bicyclic) bond motifs is 2. The number of carbonyl (C=O) groups is 2. The maximum Gasteiger partial charge on any atom is 0.337 e. The van der Waals surface area contributed by atoms with Gasteiger partial charge >= 0.3 is 11.9 Å². The van der Waals surface area contributed by atoms with Gasteiger partial charge in [-0.15, -0.1) is 0 Å². The molecule has 3 heterocycles. The second kappa shape index (κ2) is 3.63. The molecule has 1 fully saturated rings. The van der Waals surface area contributed by atoms with E-state index in [0.29, 0.717) is 11.4 Å². The van der Waals surface area contributed by atoms with Crippen LogP contribution in [0.15, 0.2) is 12.1 Å². The molecule has 0 unspecified atom stereocenters. The number of hydrogen-bond acceptors (Lipinski definition) is 4. The molecule has 6 heteroatoms. The summed E-state index contributed by atoms with van der Waals surface area (Å²) in [4.78, 5) is 26.4. The van der Waals surface area contributed by atoms with Crippen LogP contribution in [0, 0.1) is 0 Å². The molecular formula is C12H12N2O4. The highest BCUT2D eigenvalue weighted by molar-refractivity contribution is 6.06. The van der Waals surface area contributed by atoms with Crippen molar-refractivity contribution >= 4 is 23.3 Å². The van der Waals surface area contributed by atoms with Crippen LogP contribution in [0.1, 0.15) is 20.7 Å². The van der Waals surface area contributed by atoms with Crippen LogP contribution in [-0.4, -0.2) is 48.3 Å². The molecule has 1 aromatic rings. The molecule has 2 bridgehead atoms. The number of carboxylic acid groups (broad SMARTS) is 2. The highest BCUT2D eigenvalue weighted by Gasteiger charge is 2.35.